The van der Waals surface area contributed by atoms with Crippen LogP contribution in [0, 0.1) is 0 Å². The van der Waals surface area contributed by atoms with Gasteiger partial charge >= 0.3 is 5.97 Å². The van der Waals surface area contributed by atoms with Crippen molar-refractivity contribution < 1.29 is 14.7 Å². The fourth-order valence-corrected chi connectivity index (χ4v) is 1.73. The first-order valence-electron chi connectivity index (χ1n) is 6.80. The second-order valence-corrected chi connectivity index (χ2v) is 4.86. The maximum Gasteiger partial charge on any atom is 0.325 e. The summed E-state index contributed by atoms with van der Waals surface area (Å²) in [7, 11) is 2.01. The number of unbranched alkanes of at least 4 members (excludes halogenated alkanes) is 1. The van der Waals surface area contributed by atoms with Crippen molar-refractivity contribution in [1.82, 2.24) is 5.32 Å². The van der Waals surface area contributed by atoms with Crippen molar-refractivity contribution in [2.24, 2.45) is 0 Å². The van der Waals surface area contributed by atoms with E-state index in [1.165, 1.54) is 6.92 Å². The van der Waals surface area contributed by atoms with E-state index in [-0.39, 0.29) is 5.91 Å². The van der Waals surface area contributed by atoms with Crippen molar-refractivity contribution >= 4 is 17.6 Å². The van der Waals surface area contributed by atoms with Crippen molar-refractivity contribution in [3.8, 4) is 0 Å². The molecule has 2 N–H and O–H groups in total. The molecule has 0 aliphatic carbocycles. The van der Waals surface area contributed by atoms with Crippen LogP contribution in [0.2, 0.25) is 0 Å². The Morgan fingerprint density at radius 2 is 1.90 bits per heavy atom. The van der Waals surface area contributed by atoms with Gasteiger partial charge in [0.15, 0.2) is 0 Å². The summed E-state index contributed by atoms with van der Waals surface area (Å²) < 4.78 is 0. The molecule has 0 radical (unpaired) electrons. The summed E-state index contributed by atoms with van der Waals surface area (Å²) in [4.78, 5) is 24.6. The average molecular weight is 278 g/mol. The van der Waals surface area contributed by atoms with E-state index < -0.39 is 12.0 Å². The number of aliphatic carboxylic acids is 1. The predicted molar refractivity (Wildman–Crippen MR) is 79.2 cm³/mol. The van der Waals surface area contributed by atoms with Crippen LogP contribution >= 0.6 is 0 Å². The maximum absolute atomic E-state index is 11.8. The molecule has 1 atom stereocenters. The SMILES string of the molecule is CCCCN(C)c1ccc(C(=O)NC(C)C(=O)O)cc1. The molecule has 1 rings (SSSR count). The number of carbonyl (C=O) groups excluding carboxylic acids is 1. The molecule has 110 valence electrons. The number of hydrogen-bond donors (Lipinski definition) is 2. The number of carboxylic acids is 1. The number of hydrogen-bond acceptors (Lipinski definition) is 3. The maximum atomic E-state index is 11.8. The Morgan fingerprint density at radius 1 is 1.30 bits per heavy atom. The van der Waals surface area contributed by atoms with Gasteiger partial charge < -0.3 is 15.3 Å². The molecule has 0 fully saturated rings. The number of carbonyl (C=O) groups is 2. The fourth-order valence-electron chi connectivity index (χ4n) is 1.73. The van der Waals surface area contributed by atoms with Crippen LogP contribution < -0.4 is 10.2 Å². The Morgan fingerprint density at radius 3 is 2.40 bits per heavy atom. The number of amides is 1. The predicted octanol–water partition coefficient (Wildman–Crippen LogP) is 2.13. The Bertz CT molecular complexity index is 457. The Labute approximate surface area is 119 Å². The molecule has 20 heavy (non-hydrogen) atoms. The van der Waals surface area contributed by atoms with Crippen molar-refractivity contribution in [1.29, 1.82) is 0 Å². The number of rotatable bonds is 7. The van der Waals surface area contributed by atoms with Gasteiger partial charge in [0, 0.05) is 24.8 Å². The second-order valence-electron chi connectivity index (χ2n) is 4.86. The van der Waals surface area contributed by atoms with E-state index in [0.717, 1.165) is 25.1 Å². The van der Waals surface area contributed by atoms with Crippen molar-refractivity contribution in [2.45, 2.75) is 32.7 Å². The molecule has 5 nitrogen and oxygen atoms in total. The monoisotopic (exact) mass is 278 g/mol. The summed E-state index contributed by atoms with van der Waals surface area (Å²) in [6, 6.07) is 6.27. The zero-order chi connectivity index (χ0) is 15.1. The highest BCUT2D eigenvalue weighted by molar-refractivity contribution is 5.96. The molecule has 0 aromatic heterocycles. The first-order chi connectivity index (χ1) is 9.45. The largest absolute Gasteiger partial charge is 0.480 e. The number of carboxylic acid groups (broad SMARTS) is 1. The highest BCUT2D eigenvalue weighted by Crippen LogP contribution is 2.14. The second kappa shape index (κ2) is 7.53. The van der Waals surface area contributed by atoms with E-state index in [2.05, 4.69) is 17.1 Å². The molecular weight excluding hydrogens is 256 g/mol. The van der Waals surface area contributed by atoms with Crippen molar-refractivity contribution in [3.63, 3.8) is 0 Å². The van der Waals surface area contributed by atoms with Gasteiger partial charge in [0.05, 0.1) is 0 Å². The average Bonchev–Trinajstić information content (AvgIpc) is 2.44. The highest BCUT2D eigenvalue weighted by atomic mass is 16.4. The van der Waals surface area contributed by atoms with Crippen LogP contribution in [0.15, 0.2) is 24.3 Å². The molecular formula is C15H22N2O3. The van der Waals surface area contributed by atoms with Crippen molar-refractivity contribution in [3.05, 3.63) is 29.8 Å². The smallest absolute Gasteiger partial charge is 0.325 e. The first kappa shape index (κ1) is 16.0. The van der Waals surface area contributed by atoms with Gasteiger partial charge in [-0.3, -0.25) is 9.59 Å². The minimum Gasteiger partial charge on any atom is -0.480 e. The molecule has 0 saturated heterocycles. The van der Waals surface area contributed by atoms with Gasteiger partial charge in [0.2, 0.25) is 0 Å². The number of nitrogens with one attached hydrogen (secondary N) is 1. The fraction of sp³-hybridized carbons (Fsp3) is 0.467. The lowest BCUT2D eigenvalue weighted by Crippen LogP contribution is -2.38. The standard InChI is InChI=1S/C15H22N2O3/c1-4-5-10-17(3)13-8-6-12(7-9-13)14(18)16-11(2)15(19)20/h6-9,11H,4-5,10H2,1-3H3,(H,16,18)(H,19,20). The molecule has 1 unspecified atom stereocenters. The summed E-state index contributed by atoms with van der Waals surface area (Å²) in [5.74, 6) is -1.42. The van der Waals surface area contributed by atoms with Crippen LogP contribution in [0.1, 0.15) is 37.0 Å². The van der Waals surface area contributed by atoms with E-state index in [0.29, 0.717) is 5.56 Å². The lowest BCUT2D eigenvalue weighted by atomic mass is 10.1. The van der Waals surface area contributed by atoms with Crippen LogP contribution in [0.25, 0.3) is 0 Å². The van der Waals surface area contributed by atoms with Gasteiger partial charge in [-0.15, -0.1) is 0 Å². The van der Waals surface area contributed by atoms with E-state index in [9.17, 15) is 9.59 Å². The van der Waals surface area contributed by atoms with E-state index >= 15 is 0 Å². The van der Waals surface area contributed by atoms with Gasteiger partial charge in [-0.2, -0.15) is 0 Å². The molecule has 5 heteroatoms. The van der Waals surface area contributed by atoms with Crippen LogP contribution in [0.4, 0.5) is 5.69 Å². The highest BCUT2D eigenvalue weighted by Gasteiger charge is 2.15. The number of benzene rings is 1. The minimum atomic E-state index is -1.05. The first-order valence-corrected chi connectivity index (χ1v) is 6.80. The topological polar surface area (TPSA) is 69.6 Å². The van der Waals surface area contributed by atoms with Crippen LogP contribution in [0.3, 0.4) is 0 Å². The third kappa shape index (κ3) is 4.57. The van der Waals surface area contributed by atoms with Gasteiger partial charge in [0.1, 0.15) is 6.04 Å². The molecule has 1 amide bonds. The van der Waals surface area contributed by atoms with Gasteiger partial charge in [-0.1, -0.05) is 13.3 Å². The molecule has 1 aromatic carbocycles. The molecule has 0 spiro atoms. The summed E-state index contributed by atoms with van der Waals surface area (Å²) >= 11 is 0. The molecule has 0 heterocycles. The Balaban J connectivity index is 2.66. The number of anilines is 1. The normalized spacial score (nSPS) is 11.8. The van der Waals surface area contributed by atoms with E-state index in [1.807, 2.05) is 19.2 Å². The third-order valence-electron chi connectivity index (χ3n) is 3.14. The zero-order valence-corrected chi connectivity index (χ0v) is 12.2. The van der Waals surface area contributed by atoms with Crippen molar-refractivity contribution in [2.75, 3.05) is 18.5 Å². The molecule has 0 aliphatic heterocycles. The van der Waals surface area contributed by atoms with Crippen LogP contribution in [-0.4, -0.2) is 36.6 Å². The molecule has 1 aromatic rings. The van der Waals surface area contributed by atoms with Crippen LogP contribution in [0.5, 0.6) is 0 Å². The van der Waals surface area contributed by atoms with Gasteiger partial charge in [-0.25, -0.2) is 0 Å². The summed E-state index contributed by atoms with van der Waals surface area (Å²) in [6.07, 6.45) is 2.26. The molecule has 0 bridgehead atoms. The van der Waals surface area contributed by atoms with Gasteiger partial charge in [0.25, 0.3) is 5.91 Å². The van der Waals surface area contributed by atoms with Gasteiger partial charge in [-0.05, 0) is 37.6 Å². The Hall–Kier alpha value is -2.04. The number of nitrogens with zero attached hydrogens (tertiary/aromatic N) is 1. The zero-order valence-electron chi connectivity index (χ0n) is 12.2. The van der Waals surface area contributed by atoms with Crippen LogP contribution in [-0.2, 0) is 4.79 Å². The quantitative estimate of drug-likeness (QED) is 0.801. The lowest BCUT2D eigenvalue weighted by Gasteiger charge is -2.19. The molecule has 0 saturated carbocycles. The summed E-state index contributed by atoms with van der Waals surface area (Å²) in [5.41, 5.74) is 1.51. The molecule has 0 aliphatic rings. The summed E-state index contributed by atoms with van der Waals surface area (Å²) in [5, 5.41) is 11.2. The lowest BCUT2D eigenvalue weighted by molar-refractivity contribution is -0.138. The van der Waals surface area contributed by atoms with E-state index in [4.69, 9.17) is 5.11 Å². The summed E-state index contributed by atoms with van der Waals surface area (Å²) in [6.45, 7) is 4.55. The Kier molecular flexibility index (Phi) is 6.03. The third-order valence-corrected chi connectivity index (χ3v) is 3.14. The van der Waals surface area contributed by atoms with E-state index in [1.54, 1.807) is 12.1 Å². The minimum absolute atomic E-state index is 0.373.